The van der Waals surface area contributed by atoms with Gasteiger partial charge in [-0.05, 0) is 20.3 Å². The molecule has 2 rings (SSSR count). The van der Waals surface area contributed by atoms with Crippen molar-refractivity contribution < 1.29 is 14.1 Å². The van der Waals surface area contributed by atoms with Gasteiger partial charge in [0.15, 0.2) is 0 Å². The van der Waals surface area contributed by atoms with Gasteiger partial charge in [-0.2, -0.15) is 4.98 Å². The average Bonchev–Trinajstić information content (AvgIpc) is 3.02. The molecule has 0 aliphatic rings. The Morgan fingerprint density at radius 2 is 2.09 bits per heavy atom. The van der Waals surface area contributed by atoms with Crippen LogP contribution in [0.3, 0.4) is 0 Å². The summed E-state index contributed by atoms with van der Waals surface area (Å²) in [5, 5.41) is 6.80. The Labute approximate surface area is 136 Å². The molecule has 0 aliphatic heterocycles. The van der Waals surface area contributed by atoms with Gasteiger partial charge < -0.3 is 14.6 Å². The van der Waals surface area contributed by atoms with Crippen LogP contribution in [0.15, 0.2) is 28.8 Å². The number of carbonyl (C=O) groups excluding carboxylic acids is 1. The van der Waals surface area contributed by atoms with Gasteiger partial charge in [-0.3, -0.25) is 4.79 Å². The predicted octanol–water partition coefficient (Wildman–Crippen LogP) is 2.52. The lowest BCUT2D eigenvalue weighted by Gasteiger charge is -2.04. The normalized spacial score (nSPS) is 10.7. The number of hydrogen-bond donors (Lipinski definition) is 1. The molecule has 2 aromatic rings. The van der Waals surface area contributed by atoms with Gasteiger partial charge in [0.25, 0.3) is 0 Å². The second-order valence-corrected chi connectivity index (χ2v) is 5.28. The van der Waals surface area contributed by atoms with Crippen LogP contribution in [-0.2, 0) is 16.0 Å². The molecule has 6 nitrogen and oxygen atoms in total. The molecular weight excluding hydrogens is 294 g/mol. The van der Waals surface area contributed by atoms with E-state index in [0.717, 1.165) is 12.0 Å². The molecule has 0 unspecified atom stereocenters. The minimum absolute atomic E-state index is 0.0171. The number of amides is 1. The van der Waals surface area contributed by atoms with Gasteiger partial charge in [-0.15, -0.1) is 0 Å². The maximum atomic E-state index is 11.7. The first kappa shape index (κ1) is 17.1. The molecule has 0 fully saturated rings. The Bertz CT molecular complexity index is 608. The van der Waals surface area contributed by atoms with Crippen molar-refractivity contribution in [3.05, 3.63) is 35.7 Å². The van der Waals surface area contributed by atoms with Crippen LogP contribution in [0.4, 0.5) is 0 Å². The Balaban J connectivity index is 1.74. The third kappa shape index (κ3) is 5.83. The second-order valence-electron chi connectivity index (χ2n) is 5.28. The zero-order chi connectivity index (χ0) is 16.5. The Hall–Kier alpha value is -2.21. The number of aryl methyl sites for hydroxylation is 2. The molecule has 0 spiro atoms. The number of carbonyl (C=O) groups is 1. The van der Waals surface area contributed by atoms with E-state index in [1.807, 2.05) is 38.1 Å². The van der Waals surface area contributed by atoms with Gasteiger partial charge in [0.1, 0.15) is 0 Å². The molecular formula is C17H23N3O3. The van der Waals surface area contributed by atoms with E-state index in [1.54, 1.807) is 0 Å². The fraction of sp³-hybridized carbons (Fsp3) is 0.471. The van der Waals surface area contributed by atoms with Crippen LogP contribution >= 0.6 is 0 Å². The summed E-state index contributed by atoms with van der Waals surface area (Å²) >= 11 is 0. The van der Waals surface area contributed by atoms with Crippen LogP contribution in [0.1, 0.15) is 31.2 Å². The van der Waals surface area contributed by atoms with Crippen LogP contribution in [0, 0.1) is 6.92 Å². The fourth-order valence-corrected chi connectivity index (χ4v) is 2.03. The average molecular weight is 317 g/mol. The third-order valence-electron chi connectivity index (χ3n) is 3.34. The van der Waals surface area contributed by atoms with E-state index < -0.39 is 0 Å². The quantitative estimate of drug-likeness (QED) is 0.719. The first-order valence-electron chi connectivity index (χ1n) is 7.93. The van der Waals surface area contributed by atoms with Gasteiger partial charge >= 0.3 is 0 Å². The van der Waals surface area contributed by atoms with E-state index in [1.165, 1.54) is 5.56 Å². The van der Waals surface area contributed by atoms with Crippen LogP contribution in [0.5, 0.6) is 0 Å². The van der Waals surface area contributed by atoms with Crippen molar-refractivity contribution in [2.24, 2.45) is 0 Å². The summed E-state index contributed by atoms with van der Waals surface area (Å²) in [6.45, 7) is 5.97. The molecule has 124 valence electrons. The summed E-state index contributed by atoms with van der Waals surface area (Å²) in [5.41, 5.74) is 2.09. The van der Waals surface area contributed by atoms with E-state index in [0.29, 0.717) is 44.3 Å². The lowest BCUT2D eigenvalue weighted by Crippen LogP contribution is -2.25. The van der Waals surface area contributed by atoms with Crippen LogP contribution in [0.25, 0.3) is 11.4 Å². The number of hydrogen-bond acceptors (Lipinski definition) is 5. The van der Waals surface area contributed by atoms with E-state index in [-0.39, 0.29) is 5.91 Å². The van der Waals surface area contributed by atoms with Crippen LogP contribution in [-0.4, -0.2) is 35.8 Å². The molecule has 1 heterocycles. The molecule has 1 amide bonds. The molecule has 0 saturated carbocycles. The first-order chi connectivity index (χ1) is 11.2. The largest absolute Gasteiger partial charge is 0.382 e. The zero-order valence-electron chi connectivity index (χ0n) is 13.7. The SMILES string of the molecule is CCOCCCNC(=O)CCc1nc(-c2ccc(C)cc2)no1. The second kappa shape index (κ2) is 9.05. The van der Waals surface area contributed by atoms with Crippen molar-refractivity contribution in [1.82, 2.24) is 15.5 Å². The summed E-state index contributed by atoms with van der Waals surface area (Å²) in [5.74, 6) is 1.01. The molecule has 0 atom stereocenters. The number of nitrogens with zero attached hydrogens (tertiary/aromatic N) is 2. The molecule has 23 heavy (non-hydrogen) atoms. The summed E-state index contributed by atoms with van der Waals surface area (Å²) in [4.78, 5) is 16.0. The topological polar surface area (TPSA) is 77.2 Å². The number of aromatic nitrogens is 2. The number of benzene rings is 1. The minimum atomic E-state index is -0.0171. The Morgan fingerprint density at radius 3 is 2.83 bits per heavy atom. The highest BCUT2D eigenvalue weighted by atomic mass is 16.5. The van der Waals surface area contributed by atoms with Crippen molar-refractivity contribution in [3.63, 3.8) is 0 Å². The molecule has 1 N–H and O–H groups in total. The first-order valence-corrected chi connectivity index (χ1v) is 7.93. The highest BCUT2D eigenvalue weighted by molar-refractivity contribution is 5.75. The predicted molar refractivity (Wildman–Crippen MR) is 86.9 cm³/mol. The minimum Gasteiger partial charge on any atom is -0.382 e. The summed E-state index contributed by atoms with van der Waals surface area (Å²) < 4.78 is 10.4. The smallest absolute Gasteiger partial charge is 0.227 e. The van der Waals surface area contributed by atoms with E-state index in [2.05, 4.69) is 15.5 Å². The summed E-state index contributed by atoms with van der Waals surface area (Å²) in [6, 6.07) is 7.91. The highest BCUT2D eigenvalue weighted by Crippen LogP contribution is 2.16. The van der Waals surface area contributed by atoms with Gasteiger partial charge in [0.05, 0.1) is 0 Å². The lowest BCUT2D eigenvalue weighted by atomic mass is 10.1. The maximum absolute atomic E-state index is 11.7. The van der Waals surface area contributed by atoms with Crippen molar-refractivity contribution >= 4 is 5.91 Å². The number of nitrogens with one attached hydrogen (secondary N) is 1. The molecule has 0 saturated heterocycles. The number of ether oxygens (including phenoxy) is 1. The van der Waals surface area contributed by atoms with Crippen LogP contribution in [0.2, 0.25) is 0 Å². The fourth-order valence-electron chi connectivity index (χ4n) is 2.03. The lowest BCUT2D eigenvalue weighted by molar-refractivity contribution is -0.121. The van der Waals surface area contributed by atoms with Crippen molar-refractivity contribution in [2.45, 2.75) is 33.1 Å². The summed E-state index contributed by atoms with van der Waals surface area (Å²) in [6.07, 6.45) is 1.60. The van der Waals surface area contributed by atoms with Gasteiger partial charge in [-0.25, -0.2) is 0 Å². The molecule has 0 bridgehead atoms. The van der Waals surface area contributed by atoms with Gasteiger partial charge in [-0.1, -0.05) is 35.0 Å². The van der Waals surface area contributed by atoms with E-state index in [9.17, 15) is 4.79 Å². The van der Waals surface area contributed by atoms with Crippen molar-refractivity contribution in [2.75, 3.05) is 19.8 Å². The molecule has 6 heteroatoms. The molecule has 1 aromatic heterocycles. The zero-order valence-corrected chi connectivity index (χ0v) is 13.7. The van der Waals surface area contributed by atoms with Crippen molar-refractivity contribution in [1.29, 1.82) is 0 Å². The monoisotopic (exact) mass is 317 g/mol. The Kier molecular flexibility index (Phi) is 6.75. The molecule has 0 aliphatic carbocycles. The van der Waals surface area contributed by atoms with Gasteiger partial charge in [0, 0.05) is 38.2 Å². The maximum Gasteiger partial charge on any atom is 0.227 e. The number of rotatable bonds is 9. The molecule has 1 aromatic carbocycles. The van der Waals surface area contributed by atoms with Crippen molar-refractivity contribution in [3.8, 4) is 11.4 Å². The molecule has 0 radical (unpaired) electrons. The van der Waals surface area contributed by atoms with E-state index >= 15 is 0 Å². The third-order valence-corrected chi connectivity index (χ3v) is 3.34. The standard InChI is InChI=1S/C17H23N3O3/c1-3-22-12-4-11-18-15(21)9-10-16-19-17(20-23-16)14-7-5-13(2)6-8-14/h5-8H,3-4,9-12H2,1-2H3,(H,18,21). The van der Waals surface area contributed by atoms with Crippen LogP contribution < -0.4 is 5.32 Å². The Morgan fingerprint density at radius 1 is 1.30 bits per heavy atom. The summed E-state index contributed by atoms with van der Waals surface area (Å²) in [7, 11) is 0. The highest BCUT2D eigenvalue weighted by Gasteiger charge is 2.10. The van der Waals surface area contributed by atoms with E-state index in [4.69, 9.17) is 9.26 Å². The van der Waals surface area contributed by atoms with Gasteiger partial charge in [0.2, 0.25) is 17.6 Å².